The van der Waals surface area contributed by atoms with Crippen LogP contribution in [0.15, 0.2) is 0 Å². The summed E-state index contributed by atoms with van der Waals surface area (Å²) in [7, 11) is 1.79. The third-order valence-corrected chi connectivity index (χ3v) is 3.82. The van der Waals surface area contributed by atoms with Gasteiger partial charge in [0.25, 0.3) is 0 Å². The van der Waals surface area contributed by atoms with Crippen LogP contribution in [-0.4, -0.2) is 35.1 Å². The number of rotatable bonds is 3. The number of carbonyl (C=O) groups excluding carboxylic acids is 1. The lowest BCUT2D eigenvalue weighted by Gasteiger charge is -2.39. The summed E-state index contributed by atoms with van der Waals surface area (Å²) >= 11 is 0. The molecule has 15 heavy (non-hydrogen) atoms. The van der Waals surface area contributed by atoms with E-state index in [1.165, 1.54) is 0 Å². The molecule has 0 atom stereocenters. The number of nitrogens with zero attached hydrogens (tertiary/aromatic N) is 1. The molecule has 3 heteroatoms. The first-order valence-electron chi connectivity index (χ1n) is 5.73. The Morgan fingerprint density at radius 1 is 1.40 bits per heavy atom. The minimum atomic E-state index is -0.456. The van der Waals surface area contributed by atoms with Crippen molar-refractivity contribution in [3.8, 4) is 0 Å². The maximum atomic E-state index is 12.3. The van der Waals surface area contributed by atoms with E-state index in [0.29, 0.717) is 0 Å². The average Bonchev–Trinajstić information content (AvgIpc) is 2.64. The second-order valence-electron chi connectivity index (χ2n) is 5.60. The molecular formula is C12H23NO2. The number of carbonyl (C=O) groups is 1. The molecule has 0 aromatic carbocycles. The van der Waals surface area contributed by atoms with E-state index in [2.05, 4.69) is 0 Å². The van der Waals surface area contributed by atoms with Gasteiger partial charge in [-0.3, -0.25) is 4.79 Å². The number of hydrogen-bond donors (Lipinski definition) is 1. The van der Waals surface area contributed by atoms with Gasteiger partial charge in [-0.1, -0.05) is 19.8 Å². The van der Waals surface area contributed by atoms with Crippen molar-refractivity contribution in [3.05, 3.63) is 0 Å². The summed E-state index contributed by atoms with van der Waals surface area (Å²) in [6, 6.07) is 0. The molecule has 0 aromatic heterocycles. The maximum Gasteiger partial charge on any atom is 0.228 e. The number of aliphatic hydroxyl groups is 1. The predicted octanol–water partition coefficient (Wildman–Crippen LogP) is 1.80. The Morgan fingerprint density at radius 2 is 1.87 bits per heavy atom. The fraction of sp³-hybridized carbons (Fsp3) is 0.917. The summed E-state index contributed by atoms with van der Waals surface area (Å²) in [5.41, 5.74) is -0.649. The third-order valence-electron chi connectivity index (χ3n) is 3.82. The van der Waals surface area contributed by atoms with Gasteiger partial charge >= 0.3 is 0 Å². The van der Waals surface area contributed by atoms with Crippen LogP contribution in [0.4, 0.5) is 0 Å². The monoisotopic (exact) mass is 213 g/mol. The van der Waals surface area contributed by atoms with Crippen molar-refractivity contribution in [2.75, 3.05) is 13.7 Å². The highest BCUT2D eigenvalue weighted by Crippen LogP contribution is 2.39. The van der Waals surface area contributed by atoms with Crippen molar-refractivity contribution in [2.24, 2.45) is 5.41 Å². The van der Waals surface area contributed by atoms with Crippen molar-refractivity contribution in [1.29, 1.82) is 0 Å². The molecular weight excluding hydrogens is 190 g/mol. The van der Waals surface area contributed by atoms with E-state index >= 15 is 0 Å². The van der Waals surface area contributed by atoms with Crippen LogP contribution in [0.2, 0.25) is 0 Å². The van der Waals surface area contributed by atoms with Gasteiger partial charge in [0.1, 0.15) is 0 Å². The van der Waals surface area contributed by atoms with Crippen LogP contribution in [0, 0.1) is 5.41 Å². The fourth-order valence-corrected chi connectivity index (χ4v) is 2.16. The van der Waals surface area contributed by atoms with Crippen molar-refractivity contribution >= 4 is 5.91 Å². The van der Waals surface area contributed by atoms with Crippen molar-refractivity contribution in [1.82, 2.24) is 4.90 Å². The van der Waals surface area contributed by atoms with Crippen LogP contribution in [0.5, 0.6) is 0 Å². The van der Waals surface area contributed by atoms with Crippen LogP contribution < -0.4 is 0 Å². The van der Waals surface area contributed by atoms with E-state index in [1.54, 1.807) is 11.9 Å². The van der Waals surface area contributed by atoms with Crippen molar-refractivity contribution < 1.29 is 9.90 Å². The van der Waals surface area contributed by atoms with Crippen LogP contribution in [-0.2, 0) is 4.79 Å². The van der Waals surface area contributed by atoms with E-state index in [9.17, 15) is 9.90 Å². The molecule has 0 saturated heterocycles. The largest absolute Gasteiger partial charge is 0.394 e. The zero-order chi connectivity index (χ0) is 11.7. The highest BCUT2D eigenvalue weighted by atomic mass is 16.3. The summed E-state index contributed by atoms with van der Waals surface area (Å²) in [5, 5.41) is 9.25. The highest BCUT2D eigenvalue weighted by molar-refractivity contribution is 5.83. The second kappa shape index (κ2) is 4.12. The fourth-order valence-electron chi connectivity index (χ4n) is 2.16. The lowest BCUT2D eigenvalue weighted by Crippen LogP contribution is -2.52. The highest BCUT2D eigenvalue weighted by Gasteiger charge is 2.41. The van der Waals surface area contributed by atoms with Crippen LogP contribution in [0.1, 0.15) is 46.5 Å². The third kappa shape index (κ3) is 2.33. The second-order valence-corrected chi connectivity index (χ2v) is 5.60. The molecule has 1 saturated carbocycles. The van der Waals surface area contributed by atoms with Gasteiger partial charge < -0.3 is 10.0 Å². The zero-order valence-corrected chi connectivity index (χ0v) is 10.3. The van der Waals surface area contributed by atoms with Gasteiger partial charge in [-0.05, 0) is 26.7 Å². The van der Waals surface area contributed by atoms with Crippen LogP contribution in [0.25, 0.3) is 0 Å². The Morgan fingerprint density at radius 3 is 2.27 bits per heavy atom. The number of amides is 1. The Balaban J connectivity index is 2.76. The SMILES string of the molecule is CN(C(=O)C1(C)CCCC1)C(C)(C)CO. The Labute approximate surface area is 92.5 Å². The molecule has 1 N–H and O–H groups in total. The van der Waals surface area contributed by atoms with Crippen molar-refractivity contribution in [2.45, 2.75) is 52.0 Å². The first kappa shape index (κ1) is 12.5. The van der Waals surface area contributed by atoms with Gasteiger partial charge in [-0.2, -0.15) is 0 Å². The van der Waals surface area contributed by atoms with E-state index in [1.807, 2.05) is 20.8 Å². The Bertz CT molecular complexity index is 242. The predicted molar refractivity (Wildman–Crippen MR) is 60.5 cm³/mol. The molecule has 0 aliphatic heterocycles. The average molecular weight is 213 g/mol. The minimum Gasteiger partial charge on any atom is -0.394 e. The van der Waals surface area contributed by atoms with Gasteiger partial charge in [-0.25, -0.2) is 0 Å². The molecule has 0 radical (unpaired) electrons. The summed E-state index contributed by atoms with van der Waals surface area (Å²) < 4.78 is 0. The smallest absolute Gasteiger partial charge is 0.228 e. The summed E-state index contributed by atoms with van der Waals surface area (Å²) in [6.07, 6.45) is 4.26. The number of aliphatic hydroxyl groups excluding tert-OH is 1. The first-order chi connectivity index (χ1) is 6.83. The Hall–Kier alpha value is -0.570. The number of likely N-dealkylation sites (N-methyl/N-ethyl adjacent to an activating group) is 1. The molecule has 0 spiro atoms. The molecule has 3 nitrogen and oxygen atoms in total. The molecule has 1 rings (SSSR count). The molecule has 0 unspecified atom stereocenters. The van der Waals surface area contributed by atoms with Gasteiger partial charge in [-0.15, -0.1) is 0 Å². The standard InChI is InChI=1S/C12H23NO2/c1-11(2,9-14)13(4)10(15)12(3)7-5-6-8-12/h14H,5-9H2,1-4H3. The lowest BCUT2D eigenvalue weighted by atomic mass is 9.85. The van der Waals surface area contributed by atoms with Gasteiger partial charge in [0.2, 0.25) is 5.91 Å². The molecule has 88 valence electrons. The summed E-state index contributed by atoms with van der Waals surface area (Å²) in [6.45, 7) is 5.84. The molecule has 1 fully saturated rings. The zero-order valence-electron chi connectivity index (χ0n) is 10.3. The van der Waals surface area contributed by atoms with Gasteiger partial charge in [0, 0.05) is 12.5 Å². The van der Waals surface area contributed by atoms with E-state index < -0.39 is 5.54 Å². The van der Waals surface area contributed by atoms with Crippen LogP contribution in [0.3, 0.4) is 0 Å². The molecule has 0 heterocycles. The molecule has 0 bridgehead atoms. The van der Waals surface area contributed by atoms with Gasteiger partial charge in [0.15, 0.2) is 0 Å². The maximum absolute atomic E-state index is 12.3. The molecule has 1 aliphatic carbocycles. The summed E-state index contributed by atoms with van der Waals surface area (Å²) in [4.78, 5) is 14.0. The molecule has 1 amide bonds. The van der Waals surface area contributed by atoms with E-state index in [-0.39, 0.29) is 17.9 Å². The number of hydrogen-bond acceptors (Lipinski definition) is 2. The van der Waals surface area contributed by atoms with Crippen molar-refractivity contribution in [3.63, 3.8) is 0 Å². The van der Waals surface area contributed by atoms with Crippen LogP contribution >= 0.6 is 0 Å². The topological polar surface area (TPSA) is 40.5 Å². The normalized spacial score (nSPS) is 20.3. The van der Waals surface area contributed by atoms with E-state index in [0.717, 1.165) is 25.7 Å². The van der Waals surface area contributed by atoms with E-state index in [4.69, 9.17) is 0 Å². The minimum absolute atomic E-state index is 0.00528. The quantitative estimate of drug-likeness (QED) is 0.776. The molecule has 1 aliphatic rings. The van der Waals surface area contributed by atoms with Gasteiger partial charge in [0.05, 0.1) is 12.1 Å². The first-order valence-corrected chi connectivity index (χ1v) is 5.73. The summed E-state index contributed by atoms with van der Waals surface area (Å²) in [5.74, 6) is 0.180. The lowest BCUT2D eigenvalue weighted by molar-refractivity contribution is -0.146. The molecule has 0 aromatic rings. The Kier molecular flexibility index (Phi) is 3.44.